The van der Waals surface area contributed by atoms with Gasteiger partial charge in [0.1, 0.15) is 48.8 Å². The highest BCUT2D eigenvalue weighted by Crippen LogP contribution is 2.89. The number of fused-ring (bicyclic) bond motifs is 2. The minimum absolute atomic E-state index is 0.0204. The van der Waals surface area contributed by atoms with Crippen molar-refractivity contribution in [3.05, 3.63) is 0 Å². The minimum Gasteiger partial charge on any atom is -0.394 e. The van der Waals surface area contributed by atoms with Crippen molar-refractivity contribution in [2.45, 2.75) is 203 Å². The second kappa shape index (κ2) is 14.0. The van der Waals surface area contributed by atoms with E-state index >= 15 is 0 Å². The van der Waals surface area contributed by atoms with Crippen LogP contribution in [-0.2, 0) is 23.7 Å². The summed E-state index contributed by atoms with van der Waals surface area (Å²) in [5.41, 5.74) is -2.88. The van der Waals surface area contributed by atoms with Crippen LogP contribution in [0.15, 0.2) is 0 Å². The third kappa shape index (κ3) is 5.99. The summed E-state index contributed by atoms with van der Waals surface area (Å²) in [5, 5.41) is 109. The van der Waals surface area contributed by atoms with E-state index in [0.29, 0.717) is 19.3 Å². The molecular formula is C42H70O15. The third-order valence-corrected chi connectivity index (χ3v) is 18.0. The zero-order valence-corrected chi connectivity index (χ0v) is 34.6. The molecule has 10 N–H and O–H groups in total. The third-order valence-electron chi connectivity index (χ3n) is 18.0. The van der Waals surface area contributed by atoms with E-state index in [1.807, 2.05) is 0 Å². The Morgan fingerprint density at radius 1 is 0.649 bits per heavy atom. The van der Waals surface area contributed by atoms with Crippen molar-refractivity contribution in [1.82, 2.24) is 0 Å². The molecule has 3 saturated heterocycles. The van der Waals surface area contributed by atoms with Crippen LogP contribution in [0.2, 0.25) is 0 Å². The summed E-state index contributed by atoms with van der Waals surface area (Å²) >= 11 is 0. The first kappa shape index (κ1) is 43.1. The van der Waals surface area contributed by atoms with Crippen LogP contribution >= 0.6 is 0 Å². The zero-order valence-electron chi connectivity index (χ0n) is 34.6. The van der Waals surface area contributed by atoms with E-state index in [1.165, 1.54) is 0 Å². The SMILES string of the molecule is CC(C)(O)[C@@H]1CC[C@](C)([C@H]2[C@@H](O)C[C@@]3(C)[C@@H]4C[C@H](O)[C@H]5C(C)(C)[C@@H](O[C@@H]6O[C@H](CO)[C@@H](O)[C@H](O)[C@H]6O[C@@H]6O[C@H](CO)[C@@H](O)[C@H](O)[C@H]6O)CC[C@@]56C[C@@]46CC[C@]23C)O1. The molecule has 22 atom stereocenters. The van der Waals surface area contributed by atoms with Gasteiger partial charge in [-0.15, -0.1) is 0 Å². The van der Waals surface area contributed by atoms with Gasteiger partial charge in [0.2, 0.25) is 0 Å². The lowest BCUT2D eigenvalue weighted by atomic mass is 9.41. The van der Waals surface area contributed by atoms with Crippen molar-refractivity contribution >= 4 is 0 Å². The van der Waals surface area contributed by atoms with E-state index in [0.717, 1.165) is 38.5 Å². The van der Waals surface area contributed by atoms with E-state index in [-0.39, 0.29) is 45.5 Å². The number of aliphatic hydroxyl groups excluding tert-OH is 9. The van der Waals surface area contributed by atoms with E-state index in [4.69, 9.17) is 23.7 Å². The van der Waals surface area contributed by atoms with E-state index < -0.39 is 110 Å². The molecule has 328 valence electrons. The van der Waals surface area contributed by atoms with Crippen LogP contribution in [0.25, 0.3) is 0 Å². The predicted octanol–water partition coefficient (Wildman–Crippen LogP) is 0.0850. The largest absolute Gasteiger partial charge is 0.394 e. The number of hydrogen-bond acceptors (Lipinski definition) is 15. The summed E-state index contributed by atoms with van der Waals surface area (Å²) in [4.78, 5) is 0. The lowest BCUT2D eigenvalue weighted by Crippen LogP contribution is -2.66. The predicted molar refractivity (Wildman–Crippen MR) is 200 cm³/mol. The molecule has 0 amide bonds. The number of rotatable bonds is 8. The van der Waals surface area contributed by atoms with Crippen molar-refractivity contribution < 1.29 is 74.7 Å². The first-order valence-corrected chi connectivity index (χ1v) is 21.5. The van der Waals surface area contributed by atoms with Crippen LogP contribution in [0, 0.1) is 44.8 Å². The standard InChI is InChI=1S/C42H70O15/c1-36(2)24(55-35-31(29(50)27(48)22(17-44)54-35)56-34-30(51)28(49)26(47)21(16-43)53-34)9-11-42-18-41(42)13-12-38(5)33(40(7)10-8-25(57-40)37(3,4)52)20(46)15-39(38,6)23(41)14-19(45)32(36)42/h19-35,43-52H,8-18H2,1-7H3/t19-,20-,21+,22+,23-,24-,25-,26+,27+,28-,29-,30+,31+,32-,33-,34-,35-,38+,39-,40+,41-,42+/m0/s1. The van der Waals surface area contributed by atoms with Gasteiger partial charge in [0.15, 0.2) is 12.6 Å². The Labute approximate surface area is 335 Å². The van der Waals surface area contributed by atoms with Crippen molar-refractivity contribution in [1.29, 1.82) is 0 Å². The number of hydrogen-bond donors (Lipinski definition) is 10. The van der Waals surface area contributed by atoms with Gasteiger partial charge in [-0.1, -0.05) is 27.7 Å². The molecule has 0 aromatic heterocycles. The van der Waals surface area contributed by atoms with E-state index in [9.17, 15) is 51.1 Å². The van der Waals surface area contributed by atoms with Gasteiger partial charge in [0, 0.05) is 5.92 Å². The van der Waals surface area contributed by atoms with Crippen LogP contribution in [0.1, 0.15) is 106 Å². The molecule has 5 aliphatic carbocycles. The van der Waals surface area contributed by atoms with Crippen LogP contribution in [0.3, 0.4) is 0 Å². The van der Waals surface area contributed by atoms with Gasteiger partial charge in [0.25, 0.3) is 0 Å². The second-order valence-electron chi connectivity index (χ2n) is 21.5. The van der Waals surface area contributed by atoms with Gasteiger partial charge in [-0.2, -0.15) is 0 Å². The first-order chi connectivity index (χ1) is 26.5. The van der Waals surface area contributed by atoms with E-state index in [1.54, 1.807) is 13.8 Å². The molecule has 8 rings (SSSR count). The molecule has 0 aromatic rings. The van der Waals surface area contributed by atoms with Gasteiger partial charge >= 0.3 is 0 Å². The summed E-state index contributed by atoms with van der Waals surface area (Å²) in [6.07, 6.45) is -10.6. The molecular weight excluding hydrogens is 744 g/mol. The maximum atomic E-state index is 12.4. The molecule has 8 fully saturated rings. The Balaban J connectivity index is 1.04. The van der Waals surface area contributed by atoms with Crippen LogP contribution in [-0.4, -0.2) is 161 Å². The van der Waals surface area contributed by atoms with Gasteiger partial charge in [0.05, 0.1) is 48.8 Å². The van der Waals surface area contributed by atoms with Gasteiger partial charge in [-0.25, -0.2) is 0 Å². The van der Waals surface area contributed by atoms with Crippen LogP contribution < -0.4 is 0 Å². The molecule has 15 heteroatoms. The van der Waals surface area contributed by atoms with E-state index in [2.05, 4.69) is 34.6 Å². The quantitative estimate of drug-likeness (QED) is 0.146. The summed E-state index contributed by atoms with van der Waals surface area (Å²) in [6.45, 7) is 13.2. The average molecular weight is 815 g/mol. The smallest absolute Gasteiger partial charge is 0.187 e. The Morgan fingerprint density at radius 3 is 1.89 bits per heavy atom. The maximum absolute atomic E-state index is 12.4. The molecule has 15 nitrogen and oxygen atoms in total. The lowest BCUT2D eigenvalue weighted by Gasteiger charge is -2.65. The van der Waals surface area contributed by atoms with Crippen LogP contribution in [0.5, 0.6) is 0 Å². The van der Waals surface area contributed by atoms with Crippen molar-refractivity contribution in [2.24, 2.45) is 44.8 Å². The molecule has 0 aromatic carbocycles. The summed E-state index contributed by atoms with van der Waals surface area (Å²) in [7, 11) is 0. The summed E-state index contributed by atoms with van der Waals surface area (Å²) in [5.74, 6) is -0.0936. The van der Waals surface area contributed by atoms with Crippen molar-refractivity contribution in [3.8, 4) is 0 Å². The normalized spacial score (nSPS) is 58.4. The Morgan fingerprint density at radius 2 is 1.28 bits per heavy atom. The molecule has 3 heterocycles. The molecule has 0 unspecified atom stereocenters. The lowest BCUT2D eigenvalue weighted by molar-refractivity contribution is -0.378. The maximum Gasteiger partial charge on any atom is 0.187 e. The molecule has 0 radical (unpaired) electrons. The summed E-state index contributed by atoms with van der Waals surface area (Å²) < 4.78 is 31.0. The van der Waals surface area contributed by atoms with Crippen molar-refractivity contribution in [2.75, 3.05) is 13.2 Å². The van der Waals surface area contributed by atoms with Gasteiger partial charge < -0.3 is 74.7 Å². The number of ether oxygens (including phenoxy) is 5. The average Bonchev–Trinajstić information content (AvgIpc) is 3.49. The monoisotopic (exact) mass is 814 g/mol. The molecule has 2 spiro atoms. The molecule has 57 heavy (non-hydrogen) atoms. The zero-order chi connectivity index (χ0) is 41.6. The summed E-state index contributed by atoms with van der Waals surface area (Å²) in [6, 6.07) is 0. The Kier molecular flexibility index (Phi) is 10.5. The fourth-order valence-corrected chi connectivity index (χ4v) is 15.2. The Hall–Kier alpha value is -0.600. The Bertz CT molecular complexity index is 1510. The van der Waals surface area contributed by atoms with Crippen molar-refractivity contribution in [3.63, 3.8) is 0 Å². The fraction of sp³-hybridized carbons (Fsp3) is 1.00. The molecule has 5 saturated carbocycles. The van der Waals surface area contributed by atoms with Gasteiger partial charge in [-0.3, -0.25) is 0 Å². The number of aliphatic hydroxyl groups is 10. The highest BCUT2D eigenvalue weighted by Gasteiger charge is 2.85. The molecule has 0 bridgehead atoms. The molecule has 3 aliphatic heterocycles. The second-order valence-corrected chi connectivity index (χ2v) is 21.5. The van der Waals surface area contributed by atoms with Gasteiger partial charge in [-0.05, 0) is 117 Å². The highest BCUT2D eigenvalue weighted by atomic mass is 16.8. The fourth-order valence-electron chi connectivity index (χ4n) is 15.2. The van der Waals surface area contributed by atoms with Crippen LogP contribution in [0.4, 0.5) is 0 Å². The molecule has 8 aliphatic rings. The topological polar surface area (TPSA) is 248 Å². The first-order valence-electron chi connectivity index (χ1n) is 21.5. The minimum atomic E-state index is -1.78. The highest BCUT2D eigenvalue weighted by molar-refractivity contribution is 5.33.